The lowest BCUT2D eigenvalue weighted by Gasteiger charge is -1.95. The van der Waals surface area contributed by atoms with E-state index in [-0.39, 0.29) is 11.9 Å². The summed E-state index contributed by atoms with van der Waals surface area (Å²) in [6.45, 7) is 0. The van der Waals surface area contributed by atoms with Crippen LogP contribution in [0.1, 0.15) is 9.67 Å². The van der Waals surface area contributed by atoms with Gasteiger partial charge in [-0.3, -0.25) is 10.1 Å². The molecule has 0 saturated heterocycles. The Morgan fingerprint density at radius 3 is 2.89 bits per heavy atom. The van der Waals surface area contributed by atoms with Gasteiger partial charge in [-0.15, -0.1) is 27.8 Å². The number of carbonyl (C=O) groups is 1. The number of halogens is 1. The number of hydrogen-bond acceptors (Lipinski definition) is 6. The van der Waals surface area contributed by atoms with Crippen molar-refractivity contribution in [2.45, 2.75) is 0 Å². The van der Waals surface area contributed by atoms with Gasteiger partial charge in [-0.05, 0) is 23.6 Å². The fraction of sp³-hybridized carbons (Fsp3) is 0. The van der Waals surface area contributed by atoms with Crippen molar-refractivity contribution in [2.24, 2.45) is 0 Å². The van der Waals surface area contributed by atoms with Gasteiger partial charge in [-0.25, -0.2) is 0 Å². The highest BCUT2D eigenvalue weighted by atomic mass is 35.5. The monoisotopic (exact) mass is 311 g/mol. The number of amides is 1. The summed E-state index contributed by atoms with van der Waals surface area (Å²) >= 11 is 8.50. The standard InChI is InChI=1S/C11H6ClN3O2S2/c12-8-4-3-7(19-8)10-14-15-11(17-10)13-9(16)6-2-1-5-18-6/h1-5H,(H,13,15,16). The molecule has 0 spiro atoms. The summed E-state index contributed by atoms with van der Waals surface area (Å²) in [5.74, 6) is 0.0628. The fourth-order valence-corrected chi connectivity index (χ4v) is 2.95. The second kappa shape index (κ2) is 5.12. The predicted molar refractivity (Wildman–Crippen MR) is 74.9 cm³/mol. The third kappa shape index (κ3) is 2.67. The van der Waals surface area contributed by atoms with Crippen LogP contribution in [-0.4, -0.2) is 16.1 Å². The molecule has 0 aliphatic heterocycles. The molecule has 8 heteroatoms. The molecule has 0 bridgehead atoms. The van der Waals surface area contributed by atoms with Crippen molar-refractivity contribution >= 4 is 46.2 Å². The molecule has 3 aromatic heterocycles. The van der Waals surface area contributed by atoms with E-state index in [4.69, 9.17) is 16.0 Å². The third-order valence-corrected chi connectivity index (χ3v) is 4.26. The normalized spacial score (nSPS) is 10.6. The van der Waals surface area contributed by atoms with Crippen LogP contribution in [0.25, 0.3) is 10.8 Å². The lowest BCUT2D eigenvalue weighted by Crippen LogP contribution is -2.10. The van der Waals surface area contributed by atoms with Crippen molar-refractivity contribution in [3.8, 4) is 10.8 Å². The third-order valence-electron chi connectivity index (χ3n) is 2.17. The van der Waals surface area contributed by atoms with E-state index in [1.54, 1.807) is 24.3 Å². The summed E-state index contributed by atoms with van der Waals surface area (Å²) in [6, 6.07) is 7.11. The smallest absolute Gasteiger partial charge is 0.322 e. The highest BCUT2D eigenvalue weighted by Crippen LogP contribution is 2.30. The molecule has 0 unspecified atom stereocenters. The molecular weight excluding hydrogens is 306 g/mol. The Bertz CT molecular complexity index is 705. The zero-order valence-corrected chi connectivity index (χ0v) is 11.7. The van der Waals surface area contributed by atoms with E-state index in [1.165, 1.54) is 22.7 Å². The Morgan fingerprint density at radius 1 is 1.32 bits per heavy atom. The van der Waals surface area contributed by atoms with E-state index in [0.717, 1.165) is 4.88 Å². The van der Waals surface area contributed by atoms with E-state index in [2.05, 4.69) is 15.5 Å². The van der Waals surface area contributed by atoms with E-state index < -0.39 is 0 Å². The molecule has 0 radical (unpaired) electrons. The Kier molecular flexibility index (Phi) is 3.33. The Hall–Kier alpha value is -1.70. The molecule has 0 aromatic carbocycles. The number of aromatic nitrogens is 2. The second-order valence-electron chi connectivity index (χ2n) is 3.45. The Balaban J connectivity index is 1.77. The zero-order chi connectivity index (χ0) is 13.2. The maximum Gasteiger partial charge on any atom is 0.322 e. The van der Waals surface area contributed by atoms with Crippen molar-refractivity contribution in [1.82, 2.24) is 10.2 Å². The molecule has 0 aliphatic rings. The van der Waals surface area contributed by atoms with Crippen LogP contribution in [0.2, 0.25) is 4.34 Å². The first-order valence-electron chi connectivity index (χ1n) is 5.16. The van der Waals surface area contributed by atoms with Crippen molar-refractivity contribution in [3.63, 3.8) is 0 Å². The van der Waals surface area contributed by atoms with Crippen molar-refractivity contribution in [2.75, 3.05) is 5.32 Å². The highest BCUT2D eigenvalue weighted by Gasteiger charge is 2.14. The molecule has 1 amide bonds. The van der Waals surface area contributed by atoms with Gasteiger partial charge in [0.25, 0.3) is 11.8 Å². The highest BCUT2D eigenvalue weighted by molar-refractivity contribution is 7.19. The minimum atomic E-state index is -0.269. The molecule has 0 saturated carbocycles. The van der Waals surface area contributed by atoms with Crippen LogP contribution in [0, 0.1) is 0 Å². The Morgan fingerprint density at radius 2 is 2.21 bits per heavy atom. The number of nitrogens with one attached hydrogen (secondary N) is 1. The summed E-state index contributed by atoms with van der Waals surface area (Å²) in [5.41, 5.74) is 0. The van der Waals surface area contributed by atoms with Gasteiger partial charge in [0.1, 0.15) is 0 Å². The topological polar surface area (TPSA) is 68.0 Å². The summed E-state index contributed by atoms with van der Waals surface area (Å²) < 4.78 is 5.99. The van der Waals surface area contributed by atoms with Gasteiger partial charge in [0.05, 0.1) is 14.1 Å². The van der Waals surface area contributed by atoms with Gasteiger partial charge in [0.2, 0.25) is 0 Å². The first-order chi connectivity index (χ1) is 9.22. The van der Waals surface area contributed by atoms with Crippen LogP contribution >= 0.6 is 34.3 Å². The average Bonchev–Trinajstić information content (AvgIpc) is 3.07. The van der Waals surface area contributed by atoms with Crippen LogP contribution in [0.5, 0.6) is 0 Å². The molecular formula is C11H6ClN3O2S2. The SMILES string of the molecule is O=C(Nc1nnc(-c2ccc(Cl)s2)o1)c1cccs1. The Labute approximate surface area is 120 Å². The number of hydrogen-bond donors (Lipinski definition) is 1. The van der Waals surface area contributed by atoms with Crippen LogP contribution in [0.3, 0.4) is 0 Å². The first kappa shape index (κ1) is 12.3. The fourth-order valence-electron chi connectivity index (χ4n) is 1.37. The molecule has 19 heavy (non-hydrogen) atoms. The molecule has 0 atom stereocenters. The number of nitrogens with zero attached hydrogens (tertiary/aromatic N) is 2. The summed E-state index contributed by atoms with van der Waals surface area (Å²) in [4.78, 5) is 13.1. The van der Waals surface area contributed by atoms with Crippen molar-refractivity contribution in [3.05, 3.63) is 38.9 Å². The zero-order valence-electron chi connectivity index (χ0n) is 9.29. The number of thiophene rings is 2. The molecule has 96 valence electrons. The molecule has 3 aromatic rings. The molecule has 3 heterocycles. The van der Waals surface area contributed by atoms with Gasteiger partial charge in [0, 0.05) is 0 Å². The predicted octanol–water partition coefficient (Wildman–Crippen LogP) is 3.77. The number of carbonyl (C=O) groups excluding carboxylic acids is 1. The average molecular weight is 312 g/mol. The van der Waals surface area contributed by atoms with E-state index >= 15 is 0 Å². The lowest BCUT2D eigenvalue weighted by atomic mass is 10.4. The van der Waals surface area contributed by atoms with Crippen LogP contribution in [-0.2, 0) is 0 Å². The lowest BCUT2D eigenvalue weighted by molar-refractivity contribution is 0.102. The van der Waals surface area contributed by atoms with E-state index in [9.17, 15) is 4.79 Å². The van der Waals surface area contributed by atoms with Gasteiger partial charge >= 0.3 is 6.01 Å². The maximum atomic E-state index is 11.8. The molecule has 3 rings (SSSR count). The van der Waals surface area contributed by atoms with Gasteiger partial charge in [-0.1, -0.05) is 22.8 Å². The molecule has 5 nitrogen and oxygen atoms in total. The molecule has 0 aliphatic carbocycles. The molecule has 0 fully saturated rings. The van der Waals surface area contributed by atoms with E-state index in [1.807, 2.05) is 5.38 Å². The van der Waals surface area contributed by atoms with Crippen LogP contribution < -0.4 is 5.32 Å². The van der Waals surface area contributed by atoms with Gasteiger partial charge in [0.15, 0.2) is 0 Å². The minimum absolute atomic E-state index is 0.0675. The minimum Gasteiger partial charge on any atom is -0.402 e. The quantitative estimate of drug-likeness (QED) is 0.799. The van der Waals surface area contributed by atoms with Crippen molar-refractivity contribution < 1.29 is 9.21 Å². The van der Waals surface area contributed by atoms with Crippen molar-refractivity contribution in [1.29, 1.82) is 0 Å². The first-order valence-corrected chi connectivity index (χ1v) is 7.24. The maximum absolute atomic E-state index is 11.8. The summed E-state index contributed by atoms with van der Waals surface area (Å²) in [6.07, 6.45) is 0. The van der Waals surface area contributed by atoms with Crippen LogP contribution in [0.15, 0.2) is 34.1 Å². The van der Waals surface area contributed by atoms with E-state index in [0.29, 0.717) is 15.1 Å². The second-order valence-corrected chi connectivity index (χ2v) is 6.11. The summed E-state index contributed by atoms with van der Waals surface area (Å²) in [5, 5.41) is 12.0. The van der Waals surface area contributed by atoms with Gasteiger partial charge in [-0.2, -0.15) is 0 Å². The number of rotatable bonds is 3. The van der Waals surface area contributed by atoms with Crippen LogP contribution in [0.4, 0.5) is 6.01 Å². The largest absolute Gasteiger partial charge is 0.402 e. The van der Waals surface area contributed by atoms with Gasteiger partial charge < -0.3 is 4.42 Å². The molecule has 1 N–H and O–H groups in total. The number of anilines is 1. The summed E-state index contributed by atoms with van der Waals surface area (Å²) in [7, 11) is 0.